The molecule has 1 fully saturated rings. The first kappa shape index (κ1) is 19.8. The lowest BCUT2D eigenvalue weighted by molar-refractivity contribution is -0.126. The van der Waals surface area contributed by atoms with Crippen molar-refractivity contribution in [2.45, 2.75) is 18.6 Å². The number of sulfonamides is 1. The SMILES string of the molecule is CN(C)CCNC(=O)C1CCN(S(=O)(=O)Cc2ccccc2F)CC1. The van der Waals surface area contributed by atoms with Gasteiger partial charge in [-0.05, 0) is 33.0 Å². The van der Waals surface area contributed by atoms with Crippen molar-refractivity contribution in [3.63, 3.8) is 0 Å². The topological polar surface area (TPSA) is 69.7 Å². The fraction of sp³-hybridized carbons (Fsp3) is 0.588. The third-order valence-corrected chi connectivity index (χ3v) is 6.20. The number of likely N-dealkylation sites (N-methyl/N-ethyl adjacent to an activating group) is 1. The van der Waals surface area contributed by atoms with E-state index in [0.29, 0.717) is 32.5 Å². The van der Waals surface area contributed by atoms with Gasteiger partial charge in [-0.3, -0.25) is 4.79 Å². The Hall–Kier alpha value is -1.51. The number of halogens is 1. The summed E-state index contributed by atoms with van der Waals surface area (Å²) in [4.78, 5) is 14.1. The lowest BCUT2D eigenvalue weighted by Gasteiger charge is -2.30. The van der Waals surface area contributed by atoms with Gasteiger partial charge in [0.05, 0.1) is 5.75 Å². The van der Waals surface area contributed by atoms with E-state index in [0.717, 1.165) is 6.54 Å². The van der Waals surface area contributed by atoms with Gasteiger partial charge in [0.1, 0.15) is 5.82 Å². The molecule has 140 valence electrons. The van der Waals surface area contributed by atoms with Gasteiger partial charge in [0.25, 0.3) is 0 Å². The minimum atomic E-state index is -3.58. The zero-order valence-corrected chi connectivity index (χ0v) is 15.6. The number of carbonyl (C=O) groups excluding carboxylic acids is 1. The van der Waals surface area contributed by atoms with Crippen LogP contribution in [0.3, 0.4) is 0 Å². The van der Waals surface area contributed by atoms with E-state index in [1.165, 1.54) is 22.5 Å². The van der Waals surface area contributed by atoms with Crippen molar-refractivity contribution >= 4 is 15.9 Å². The van der Waals surface area contributed by atoms with Crippen molar-refractivity contribution in [1.29, 1.82) is 0 Å². The van der Waals surface area contributed by atoms with E-state index in [4.69, 9.17) is 0 Å². The molecule has 0 radical (unpaired) electrons. The van der Waals surface area contributed by atoms with E-state index >= 15 is 0 Å². The summed E-state index contributed by atoms with van der Waals surface area (Å²) in [5, 5.41) is 2.89. The number of nitrogens with zero attached hydrogens (tertiary/aromatic N) is 2. The van der Waals surface area contributed by atoms with Crippen LogP contribution in [-0.4, -0.2) is 63.8 Å². The summed E-state index contributed by atoms with van der Waals surface area (Å²) >= 11 is 0. The lowest BCUT2D eigenvalue weighted by atomic mass is 9.97. The number of benzene rings is 1. The van der Waals surface area contributed by atoms with Crippen LogP contribution >= 0.6 is 0 Å². The minimum Gasteiger partial charge on any atom is -0.355 e. The average Bonchev–Trinajstić information content (AvgIpc) is 2.56. The predicted molar refractivity (Wildman–Crippen MR) is 94.9 cm³/mol. The summed E-state index contributed by atoms with van der Waals surface area (Å²) in [5.74, 6) is -1.05. The quantitative estimate of drug-likeness (QED) is 0.778. The van der Waals surface area contributed by atoms with Gasteiger partial charge in [0, 0.05) is 37.7 Å². The van der Waals surface area contributed by atoms with Gasteiger partial charge >= 0.3 is 0 Å². The molecule has 0 atom stereocenters. The molecule has 1 aromatic carbocycles. The van der Waals surface area contributed by atoms with Crippen LogP contribution in [0.25, 0.3) is 0 Å². The number of hydrogen-bond acceptors (Lipinski definition) is 4. The van der Waals surface area contributed by atoms with Gasteiger partial charge in [0.2, 0.25) is 15.9 Å². The molecule has 1 N–H and O–H groups in total. The second kappa shape index (κ2) is 8.73. The van der Waals surface area contributed by atoms with Crippen molar-refractivity contribution in [2.24, 2.45) is 5.92 Å². The summed E-state index contributed by atoms with van der Waals surface area (Å²) in [6, 6.07) is 5.90. The fourth-order valence-corrected chi connectivity index (χ4v) is 4.42. The van der Waals surface area contributed by atoms with Crippen molar-refractivity contribution in [1.82, 2.24) is 14.5 Å². The Labute approximate surface area is 149 Å². The molecule has 1 aliphatic heterocycles. The highest BCUT2D eigenvalue weighted by Gasteiger charge is 2.31. The van der Waals surface area contributed by atoms with Crippen molar-refractivity contribution in [3.05, 3.63) is 35.6 Å². The molecule has 0 aromatic heterocycles. The molecule has 0 unspecified atom stereocenters. The highest BCUT2D eigenvalue weighted by molar-refractivity contribution is 7.88. The van der Waals surface area contributed by atoms with E-state index in [-0.39, 0.29) is 23.1 Å². The zero-order valence-electron chi connectivity index (χ0n) is 14.7. The standard InChI is InChI=1S/C17H26FN3O3S/c1-20(2)12-9-19-17(22)14-7-10-21(11-8-14)25(23,24)13-15-5-3-4-6-16(15)18/h3-6,14H,7-13H2,1-2H3,(H,19,22). The second-order valence-electron chi connectivity index (χ2n) is 6.62. The molecule has 1 amide bonds. The van der Waals surface area contributed by atoms with Gasteiger partial charge < -0.3 is 10.2 Å². The molecular weight excluding hydrogens is 345 g/mol. The Balaban J connectivity index is 1.86. The summed E-state index contributed by atoms with van der Waals surface area (Å²) in [5.41, 5.74) is 0.172. The van der Waals surface area contributed by atoms with Crippen LogP contribution in [0.2, 0.25) is 0 Å². The van der Waals surface area contributed by atoms with Gasteiger partial charge in [-0.15, -0.1) is 0 Å². The predicted octanol–water partition coefficient (Wildman–Crippen LogP) is 1.05. The van der Waals surface area contributed by atoms with Crippen LogP contribution in [0.4, 0.5) is 4.39 Å². The van der Waals surface area contributed by atoms with E-state index in [1.807, 2.05) is 19.0 Å². The van der Waals surface area contributed by atoms with E-state index in [1.54, 1.807) is 6.07 Å². The lowest BCUT2D eigenvalue weighted by Crippen LogP contribution is -2.44. The van der Waals surface area contributed by atoms with Crippen LogP contribution in [0.15, 0.2) is 24.3 Å². The highest BCUT2D eigenvalue weighted by Crippen LogP contribution is 2.22. The molecule has 8 heteroatoms. The third kappa shape index (κ3) is 5.76. The molecule has 1 heterocycles. The smallest absolute Gasteiger partial charge is 0.223 e. The van der Waals surface area contributed by atoms with Gasteiger partial charge in [-0.1, -0.05) is 18.2 Å². The summed E-state index contributed by atoms with van der Waals surface area (Å²) < 4.78 is 40.0. The van der Waals surface area contributed by atoms with Crippen molar-refractivity contribution in [3.8, 4) is 0 Å². The Bertz CT molecular complexity index is 686. The molecule has 1 aliphatic rings. The molecule has 1 saturated heterocycles. The molecule has 0 spiro atoms. The van der Waals surface area contributed by atoms with Gasteiger partial charge in [-0.2, -0.15) is 0 Å². The number of nitrogens with one attached hydrogen (secondary N) is 1. The summed E-state index contributed by atoms with van der Waals surface area (Å²) in [6.07, 6.45) is 0.981. The fourth-order valence-electron chi connectivity index (χ4n) is 2.85. The van der Waals surface area contributed by atoms with Crippen molar-refractivity contribution < 1.29 is 17.6 Å². The molecule has 2 rings (SSSR count). The normalized spacial score (nSPS) is 17.0. The maximum absolute atomic E-state index is 13.7. The first-order chi connectivity index (χ1) is 11.8. The zero-order chi connectivity index (χ0) is 18.4. The molecular formula is C17H26FN3O3S. The van der Waals surface area contributed by atoms with Crippen LogP contribution in [0.1, 0.15) is 18.4 Å². The minimum absolute atomic E-state index is 0.0204. The largest absolute Gasteiger partial charge is 0.355 e. The van der Waals surface area contributed by atoms with E-state index in [9.17, 15) is 17.6 Å². The van der Waals surface area contributed by atoms with Crippen LogP contribution in [0.5, 0.6) is 0 Å². The van der Waals surface area contributed by atoms with Gasteiger partial charge in [-0.25, -0.2) is 17.1 Å². The Morgan fingerprint density at radius 3 is 2.52 bits per heavy atom. The Kier molecular flexibility index (Phi) is 6.92. The molecule has 0 saturated carbocycles. The van der Waals surface area contributed by atoms with Crippen LogP contribution < -0.4 is 5.32 Å². The molecule has 1 aromatic rings. The molecule has 0 bridgehead atoms. The van der Waals surface area contributed by atoms with Gasteiger partial charge in [0.15, 0.2) is 0 Å². The van der Waals surface area contributed by atoms with E-state index < -0.39 is 15.8 Å². The molecule has 0 aliphatic carbocycles. The summed E-state index contributed by atoms with van der Waals surface area (Å²) in [6.45, 7) is 1.93. The highest BCUT2D eigenvalue weighted by atomic mass is 32.2. The molecule has 25 heavy (non-hydrogen) atoms. The maximum Gasteiger partial charge on any atom is 0.223 e. The average molecular weight is 371 g/mol. The number of hydrogen-bond donors (Lipinski definition) is 1. The first-order valence-corrected chi connectivity index (χ1v) is 10.0. The van der Waals surface area contributed by atoms with Crippen LogP contribution in [-0.2, 0) is 20.6 Å². The monoisotopic (exact) mass is 371 g/mol. The van der Waals surface area contributed by atoms with Crippen LogP contribution in [0, 0.1) is 11.7 Å². The Morgan fingerprint density at radius 1 is 1.28 bits per heavy atom. The number of carbonyl (C=O) groups is 1. The van der Waals surface area contributed by atoms with Crippen molar-refractivity contribution in [2.75, 3.05) is 40.3 Å². The maximum atomic E-state index is 13.7. The third-order valence-electron chi connectivity index (χ3n) is 4.37. The Morgan fingerprint density at radius 2 is 1.92 bits per heavy atom. The second-order valence-corrected chi connectivity index (χ2v) is 8.58. The number of piperidine rings is 1. The number of amides is 1. The first-order valence-electron chi connectivity index (χ1n) is 8.43. The van der Waals surface area contributed by atoms with E-state index in [2.05, 4.69) is 5.32 Å². The summed E-state index contributed by atoms with van der Waals surface area (Å²) in [7, 11) is 0.290. The number of rotatable bonds is 7. The molecule has 6 nitrogen and oxygen atoms in total.